The molecule has 1 aromatic rings. The summed E-state index contributed by atoms with van der Waals surface area (Å²) in [5.74, 6) is -2.15. The number of hydrogen-bond acceptors (Lipinski definition) is 4. The fraction of sp³-hybridized carbons (Fsp3) is 0.250. The smallest absolute Gasteiger partial charge is 0.410 e. The molecule has 1 unspecified atom stereocenters. The maximum Gasteiger partial charge on any atom is 0.410 e. The van der Waals surface area contributed by atoms with E-state index < -0.39 is 27.3 Å². The summed E-state index contributed by atoms with van der Waals surface area (Å²) in [6.45, 7) is 4.93. The van der Waals surface area contributed by atoms with Crippen LogP contribution in [0.5, 0.6) is 0 Å². The summed E-state index contributed by atoms with van der Waals surface area (Å²) in [4.78, 5) is 11.2. The van der Waals surface area contributed by atoms with Gasteiger partial charge < -0.3 is 9.87 Å². The van der Waals surface area contributed by atoms with Gasteiger partial charge in [-0.05, 0) is 18.1 Å². The standard InChI is InChI=1S/C12H13F2NO4S/c1-3-9-4-6-10(7-5-9)8(2)15-11(16)12(13,14)20(17,18)19/h3-8H,1H2,2H3,(H,15,16)(H,17,18,19)/p-1. The van der Waals surface area contributed by atoms with Crippen molar-refractivity contribution in [1.82, 2.24) is 5.32 Å². The predicted molar refractivity (Wildman–Crippen MR) is 67.7 cm³/mol. The van der Waals surface area contributed by atoms with Gasteiger partial charge in [0.2, 0.25) is 0 Å². The van der Waals surface area contributed by atoms with E-state index in [0.717, 1.165) is 5.56 Å². The highest BCUT2D eigenvalue weighted by atomic mass is 32.2. The quantitative estimate of drug-likeness (QED) is 0.838. The molecular formula is C12H12F2NO4S-. The van der Waals surface area contributed by atoms with Crippen LogP contribution in [0.4, 0.5) is 8.78 Å². The minimum Gasteiger partial charge on any atom is -0.743 e. The molecule has 20 heavy (non-hydrogen) atoms. The van der Waals surface area contributed by atoms with E-state index in [-0.39, 0.29) is 0 Å². The molecule has 0 heterocycles. The second kappa shape index (κ2) is 5.68. The van der Waals surface area contributed by atoms with Gasteiger partial charge in [0.25, 0.3) is 0 Å². The third-order valence-corrected chi connectivity index (χ3v) is 3.41. The maximum atomic E-state index is 13.0. The molecule has 0 aromatic heterocycles. The van der Waals surface area contributed by atoms with Crippen LogP contribution in [0.1, 0.15) is 24.1 Å². The van der Waals surface area contributed by atoms with Crippen molar-refractivity contribution in [2.45, 2.75) is 18.2 Å². The first kappa shape index (κ1) is 16.3. The molecule has 0 bridgehead atoms. The number of benzene rings is 1. The Kier molecular flexibility index (Phi) is 4.61. The van der Waals surface area contributed by atoms with Crippen LogP contribution in [-0.4, -0.2) is 24.1 Å². The van der Waals surface area contributed by atoms with Crippen molar-refractivity contribution in [1.29, 1.82) is 0 Å². The number of nitrogens with one attached hydrogen (secondary N) is 1. The summed E-state index contributed by atoms with van der Waals surface area (Å²) in [5.41, 5.74) is 1.27. The summed E-state index contributed by atoms with van der Waals surface area (Å²) in [7, 11) is -6.05. The van der Waals surface area contributed by atoms with Gasteiger partial charge >= 0.3 is 11.2 Å². The lowest BCUT2D eigenvalue weighted by Crippen LogP contribution is -2.46. The fourth-order valence-electron chi connectivity index (χ4n) is 1.40. The van der Waals surface area contributed by atoms with Gasteiger partial charge in [0.15, 0.2) is 10.1 Å². The molecule has 8 heteroatoms. The summed E-state index contributed by atoms with van der Waals surface area (Å²) in [6, 6.07) is 5.53. The number of rotatable bonds is 5. The lowest BCUT2D eigenvalue weighted by atomic mass is 10.1. The molecule has 1 rings (SSSR count). The predicted octanol–water partition coefficient (Wildman–Crippen LogP) is 1.64. The fourth-order valence-corrected chi connectivity index (χ4v) is 1.68. The van der Waals surface area contributed by atoms with Gasteiger partial charge in [-0.15, -0.1) is 0 Å². The first-order chi connectivity index (χ1) is 9.09. The zero-order valence-corrected chi connectivity index (χ0v) is 11.3. The van der Waals surface area contributed by atoms with Crippen LogP contribution in [0.2, 0.25) is 0 Å². The van der Waals surface area contributed by atoms with Gasteiger partial charge in [-0.2, -0.15) is 8.78 Å². The number of halogens is 2. The first-order valence-corrected chi connectivity index (χ1v) is 6.87. The van der Waals surface area contributed by atoms with E-state index in [1.54, 1.807) is 35.7 Å². The highest BCUT2D eigenvalue weighted by molar-refractivity contribution is 7.87. The van der Waals surface area contributed by atoms with E-state index in [0.29, 0.717) is 5.56 Å². The number of amides is 1. The third kappa shape index (κ3) is 3.40. The third-order valence-electron chi connectivity index (χ3n) is 2.60. The largest absolute Gasteiger partial charge is 0.743 e. The van der Waals surface area contributed by atoms with E-state index in [2.05, 4.69) is 6.58 Å². The highest BCUT2D eigenvalue weighted by Gasteiger charge is 2.46. The Balaban J connectivity index is 2.87. The average Bonchev–Trinajstić information content (AvgIpc) is 2.37. The van der Waals surface area contributed by atoms with Gasteiger partial charge in [0.1, 0.15) is 0 Å². The van der Waals surface area contributed by atoms with E-state index in [1.165, 1.54) is 6.92 Å². The van der Waals surface area contributed by atoms with Crippen molar-refractivity contribution in [2.75, 3.05) is 0 Å². The number of hydrogen-bond donors (Lipinski definition) is 1. The van der Waals surface area contributed by atoms with Crippen molar-refractivity contribution >= 4 is 22.1 Å². The Morgan fingerprint density at radius 2 is 1.90 bits per heavy atom. The van der Waals surface area contributed by atoms with Crippen LogP contribution < -0.4 is 5.32 Å². The molecule has 0 fully saturated rings. The van der Waals surface area contributed by atoms with Crippen LogP contribution >= 0.6 is 0 Å². The van der Waals surface area contributed by atoms with Crippen LogP contribution in [-0.2, 0) is 14.9 Å². The van der Waals surface area contributed by atoms with Crippen molar-refractivity contribution in [3.8, 4) is 0 Å². The van der Waals surface area contributed by atoms with Crippen molar-refractivity contribution in [3.05, 3.63) is 42.0 Å². The van der Waals surface area contributed by atoms with Crippen LogP contribution in [0, 0.1) is 0 Å². The second-order valence-corrected chi connectivity index (χ2v) is 5.46. The molecule has 0 saturated heterocycles. The van der Waals surface area contributed by atoms with Crippen molar-refractivity contribution in [2.24, 2.45) is 0 Å². The molecule has 1 aromatic carbocycles. The average molecular weight is 304 g/mol. The molecule has 5 nitrogen and oxygen atoms in total. The van der Waals surface area contributed by atoms with Crippen LogP contribution in [0.25, 0.3) is 6.08 Å². The Labute approximate surface area is 115 Å². The minimum atomic E-state index is -6.05. The van der Waals surface area contributed by atoms with E-state index in [9.17, 15) is 26.5 Å². The van der Waals surface area contributed by atoms with E-state index in [4.69, 9.17) is 0 Å². The Hall–Kier alpha value is -1.80. The zero-order valence-electron chi connectivity index (χ0n) is 10.5. The Bertz CT molecular complexity index is 611. The molecule has 1 amide bonds. The Morgan fingerprint density at radius 1 is 1.40 bits per heavy atom. The zero-order chi connectivity index (χ0) is 15.6. The van der Waals surface area contributed by atoms with E-state index >= 15 is 0 Å². The number of alkyl halides is 2. The summed E-state index contributed by atoms with van der Waals surface area (Å²) < 4.78 is 56.9. The topological polar surface area (TPSA) is 86.3 Å². The van der Waals surface area contributed by atoms with Crippen molar-refractivity contribution in [3.63, 3.8) is 0 Å². The molecule has 0 aliphatic carbocycles. The van der Waals surface area contributed by atoms with Gasteiger partial charge in [-0.3, -0.25) is 4.79 Å². The minimum absolute atomic E-state index is 0.475. The second-order valence-electron chi connectivity index (χ2n) is 4.04. The van der Waals surface area contributed by atoms with Gasteiger partial charge in [-0.1, -0.05) is 36.9 Å². The summed E-state index contributed by atoms with van der Waals surface area (Å²) >= 11 is 0. The van der Waals surface area contributed by atoms with Gasteiger partial charge in [0.05, 0.1) is 6.04 Å². The maximum absolute atomic E-state index is 13.0. The first-order valence-electron chi connectivity index (χ1n) is 5.46. The molecule has 110 valence electrons. The summed E-state index contributed by atoms with van der Waals surface area (Å²) in [6.07, 6.45) is 1.57. The molecular weight excluding hydrogens is 292 g/mol. The molecule has 0 aliphatic heterocycles. The Morgan fingerprint density at radius 3 is 2.30 bits per heavy atom. The van der Waals surface area contributed by atoms with Crippen molar-refractivity contribution < 1.29 is 26.5 Å². The van der Waals surface area contributed by atoms with Gasteiger partial charge in [0, 0.05) is 0 Å². The van der Waals surface area contributed by atoms with E-state index in [1.807, 2.05) is 0 Å². The van der Waals surface area contributed by atoms with Crippen LogP contribution in [0.3, 0.4) is 0 Å². The molecule has 0 spiro atoms. The van der Waals surface area contributed by atoms with Gasteiger partial charge in [-0.25, -0.2) is 8.42 Å². The normalized spacial score (nSPS) is 13.6. The highest BCUT2D eigenvalue weighted by Crippen LogP contribution is 2.22. The number of carbonyl (C=O) groups excluding carboxylic acids is 1. The molecule has 0 radical (unpaired) electrons. The summed E-state index contributed by atoms with van der Waals surface area (Å²) in [5, 5.41) is -3.21. The van der Waals surface area contributed by atoms with Crippen LogP contribution in [0.15, 0.2) is 30.8 Å². The molecule has 0 aliphatic rings. The lowest BCUT2D eigenvalue weighted by molar-refractivity contribution is -0.136. The molecule has 0 saturated carbocycles. The molecule has 1 atom stereocenters. The SMILES string of the molecule is C=Cc1ccc(C(C)NC(=O)C(F)(F)S(=O)(=O)[O-])cc1. The number of carbonyl (C=O) groups is 1. The monoisotopic (exact) mass is 304 g/mol. The molecule has 1 N–H and O–H groups in total. The lowest BCUT2D eigenvalue weighted by Gasteiger charge is -2.22.